The van der Waals surface area contributed by atoms with Gasteiger partial charge in [0.2, 0.25) is 0 Å². The summed E-state index contributed by atoms with van der Waals surface area (Å²) in [7, 11) is 3.30. The zero-order chi connectivity index (χ0) is 19.1. The first-order valence-corrected chi connectivity index (χ1v) is 9.39. The Hall–Kier alpha value is -1.30. The summed E-state index contributed by atoms with van der Waals surface area (Å²) < 4.78 is 21.8. The summed E-state index contributed by atoms with van der Waals surface area (Å²) in [5.41, 5.74) is 7.37. The highest BCUT2D eigenvalue weighted by atomic mass is 127. The third-order valence-corrected chi connectivity index (χ3v) is 5.04. The smallest absolute Gasteiger partial charge is 0.191 e. The number of aliphatic imine (C=N–C) groups is 1. The number of nitrogens with two attached hydrogens (primary N) is 1. The Morgan fingerprint density at radius 3 is 2.25 bits per heavy atom. The molecule has 0 bridgehead atoms. The van der Waals surface area contributed by atoms with Gasteiger partial charge in [0.25, 0.3) is 0 Å². The van der Waals surface area contributed by atoms with Gasteiger partial charge >= 0.3 is 0 Å². The molecule has 2 aliphatic rings. The first kappa shape index (κ1) is 23.0. The molecule has 158 valence electrons. The minimum absolute atomic E-state index is 0. The maximum absolute atomic E-state index is 6.24. The Bertz CT molecular complexity index is 634. The molecule has 2 fully saturated rings. The van der Waals surface area contributed by atoms with Crippen molar-refractivity contribution in [1.29, 1.82) is 0 Å². The van der Waals surface area contributed by atoms with Crippen molar-refractivity contribution >= 4 is 29.9 Å². The lowest BCUT2D eigenvalue weighted by molar-refractivity contribution is 0.0178. The molecule has 1 atom stereocenters. The van der Waals surface area contributed by atoms with Gasteiger partial charge in [-0.2, -0.15) is 0 Å². The first-order chi connectivity index (χ1) is 13.2. The minimum atomic E-state index is 0. The van der Waals surface area contributed by atoms with Crippen molar-refractivity contribution in [2.75, 3.05) is 73.4 Å². The molecule has 1 aromatic rings. The van der Waals surface area contributed by atoms with Gasteiger partial charge in [-0.05, 0) is 17.7 Å². The fourth-order valence-electron chi connectivity index (χ4n) is 3.45. The van der Waals surface area contributed by atoms with Gasteiger partial charge in [-0.1, -0.05) is 6.07 Å². The second-order valence-electron chi connectivity index (χ2n) is 6.58. The van der Waals surface area contributed by atoms with E-state index in [1.54, 1.807) is 14.2 Å². The van der Waals surface area contributed by atoms with Crippen LogP contribution in [0.1, 0.15) is 11.6 Å². The summed E-state index contributed by atoms with van der Waals surface area (Å²) in [4.78, 5) is 9.18. The zero-order valence-corrected chi connectivity index (χ0v) is 19.0. The van der Waals surface area contributed by atoms with Crippen LogP contribution in [-0.4, -0.2) is 89.1 Å². The number of morpholine rings is 2. The Morgan fingerprint density at radius 2 is 1.64 bits per heavy atom. The fraction of sp³-hybridized carbons (Fsp3) is 0.632. The van der Waals surface area contributed by atoms with Crippen LogP contribution < -0.4 is 15.2 Å². The molecule has 1 unspecified atom stereocenters. The number of hydrogen-bond acceptors (Lipinski definition) is 6. The van der Waals surface area contributed by atoms with Crippen molar-refractivity contribution in [3.8, 4) is 11.5 Å². The van der Waals surface area contributed by atoms with Crippen LogP contribution in [0.15, 0.2) is 23.2 Å². The molecule has 0 aromatic heterocycles. The van der Waals surface area contributed by atoms with E-state index in [0.29, 0.717) is 25.7 Å². The second-order valence-corrected chi connectivity index (χ2v) is 6.58. The molecule has 9 heteroatoms. The molecule has 0 amide bonds. The number of rotatable bonds is 6. The largest absolute Gasteiger partial charge is 0.493 e. The predicted octanol–water partition coefficient (Wildman–Crippen LogP) is 1.34. The van der Waals surface area contributed by atoms with E-state index in [1.165, 1.54) is 0 Å². The highest BCUT2D eigenvalue weighted by Gasteiger charge is 2.24. The van der Waals surface area contributed by atoms with Crippen molar-refractivity contribution in [2.45, 2.75) is 6.04 Å². The molecular weight excluding hydrogens is 475 g/mol. The van der Waals surface area contributed by atoms with Gasteiger partial charge in [-0.3, -0.25) is 9.89 Å². The molecule has 0 spiro atoms. The van der Waals surface area contributed by atoms with Gasteiger partial charge in [0.05, 0.1) is 53.2 Å². The number of benzene rings is 1. The summed E-state index contributed by atoms with van der Waals surface area (Å²) in [5.74, 6) is 2.02. The third kappa shape index (κ3) is 5.85. The number of hydrogen-bond donors (Lipinski definition) is 1. The minimum Gasteiger partial charge on any atom is -0.493 e. The molecule has 1 aromatic carbocycles. The van der Waals surface area contributed by atoms with E-state index in [1.807, 2.05) is 12.1 Å². The highest BCUT2D eigenvalue weighted by Crippen LogP contribution is 2.32. The van der Waals surface area contributed by atoms with Crippen molar-refractivity contribution in [3.05, 3.63) is 23.8 Å². The third-order valence-electron chi connectivity index (χ3n) is 5.04. The average Bonchev–Trinajstić information content (AvgIpc) is 2.75. The molecule has 28 heavy (non-hydrogen) atoms. The maximum atomic E-state index is 6.24. The average molecular weight is 506 g/mol. The fourth-order valence-corrected chi connectivity index (χ4v) is 3.45. The van der Waals surface area contributed by atoms with E-state index >= 15 is 0 Å². The Kier molecular flexibility index (Phi) is 9.56. The summed E-state index contributed by atoms with van der Waals surface area (Å²) in [6, 6.07) is 6.14. The van der Waals surface area contributed by atoms with E-state index in [0.717, 1.165) is 56.5 Å². The van der Waals surface area contributed by atoms with Crippen LogP contribution in [0, 0.1) is 0 Å². The topological polar surface area (TPSA) is 81.8 Å². The number of methoxy groups -OCH3 is 2. The van der Waals surface area contributed by atoms with E-state index in [-0.39, 0.29) is 30.0 Å². The molecule has 2 heterocycles. The molecule has 0 aliphatic carbocycles. The van der Waals surface area contributed by atoms with Crippen LogP contribution in [0.3, 0.4) is 0 Å². The van der Waals surface area contributed by atoms with Crippen LogP contribution in [0.4, 0.5) is 0 Å². The Morgan fingerprint density at radius 1 is 1.04 bits per heavy atom. The summed E-state index contributed by atoms with van der Waals surface area (Å²) in [6.45, 7) is 6.73. The lowest BCUT2D eigenvalue weighted by Gasteiger charge is -2.34. The van der Waals surface area contributed by atoms with Crippen molar-refractivity contribution in [2.24, 2.45) is 10.7 Å². The quantitative estimate of drug-likeness (QED) is 0.355. The number of guanidine groups is 1. The Balaban J connectivity index is 0.00000280. The monoisotopic (exact) mass is 506 g/mol. The van der Waals surface area contributed by atoms with Crippen LogP contribution in [0.5, 0.6) is 11.5 Å². The standard InChI is InChI=1S/C19H30N4O4.HI/c1-24-17-4-3-15(13-18(17)25-2)16(22-5-9-26-10-6-22)14-21-19(20)23-7-11-27-12-8-23;/h3-4,13,16H,5-12,14H2,1-2H3,(H2,20,21);1H. The molecule has 2 aliphatic heterocycles. The van der Waals surface area contributed by atoms with Gasteiger partial charge in [0.15, 0.2) is 17.5 Å². The van der Waals surface area contributed by atoms with Crippen LogP contribution in [-0.2, 0) is 9.47 Å². The lowest BCUT2D eigenvalue weighted by Crippen LogP contribution is -2.45. The van der Waals surface area contributed by atoms with Gasteiger partial charge in [0, 0.05) is 26.2 Å². The number of ether oxygens (including phenoxy) is 4. The van der Waals surface area contributed by atoms with E-state index < -0.39 is 0 Å². The van der Waals surface area contributed by atoms with Crippen molar-refractivity contribution in [1.82, 2.24) is 9.80 Å². The van der Waals surface area contributed by atoms with Crippen LogP contribution in [0.25, 0.3) is 0 Å². The molecule has 3 rings (SSSR count). The summed E-state index contributed by atoms with van der Waals surface area (Å²) >= 11 is 0. The molecule has 8 nitrogen and oxygen atoms in total. The first-order valence-electron chi connectivity index (χ1n) is 9.39. The SMILES string of the molecule is COc1ccc(C(CN=C(N)N2CCOCC2)N2CCOCC2)cc1OC.I. The highest BCUT2D eigenvalue weighted by molar-refractivity contribution is 14.0. The maximum Gasteiger partial charge on any atom is 0.191 e. The van der Waals surface area contributed by atoms with Gasteiger partial charge < -0.3 is 29.6 Å². The molecule has 2 N–H and O–H groups in total. The predicted molar refractivity (Wildman–Crippen MR) is 119 cm³/mol. The van der Waals surface area contributed by atoms with Crippen molar-refractivity contribution < 1.29 is 18.9 Å². The normalized spacial score (nSPS) is 19.6. The Labute approximate surface area is 184 Å². The number of nitrogens with zero attached hydrogens (tertiary/aromatic N) is 3. The molecule has 2 saturated heterocycles. The van der Waals surface area contributed by atoms with E-state index in [9.17, 15) is 0 Å². The summed E-state index contributed by atoms with van der Waals surface area (Å²) in [6.07, 6.45) is 0. The molecule has 0 radical (unpaired) electrons. The van der Waals surface area contributed by atoms with E-state index in [4.69, 9.17) is 29.7 Å². The summed E-state index contributed by atoms with van der Waals surface area (Å²) in [5, 5.41) is 0. The van der Waals surface area contributed by atoms with Gasteiger partial charge in [0.1, 0.15) is 0 Å². The second kappa shape index (κ2) is 11.6. The van der Waals surface area contributed by atoms with Crippen LogP contribution >= 0.6 is 24.0 Å². The molecular formula is C19H31IN4O4. The van der Waals surface area contributed by atoms with Crippen molar-refractivity contribution in [3.63, 3.8) is 0 Å². The van der Waals surface area contributed by atoms with Gasteiger partial charge in [-0.15, -0.1) is 24.0 Å². The number of halogens is 1. The zero-order valence-electron chi connectivity index (χ0n) is 16.6. The van der Waals surface area contributed by atoms with E-state index in [2.05, 4.69) is 15.9 Å². The lowest BCUT2D eigenvalue weighted by atomic mass is 10.0. The van der Waals surface area contributed by atoms with Crippen LogP contribution in [0.2, 0.25) is 0 Å². The van der Waals surface area contributed by atoms with Gasteiger partial charge in [-0.25, -0.2) is 0 Å². The molecule has 0 saturated carbocycles.